The summed E-state index contributed by atoms with van der Waals surface area (Å²) in [5.41, 5.74) is 0.374. The lowest BCUT2D eigenvalue weighted by atomic mass is 10.2. The fourth-order valence-electron chi connectivity index (χ4n) is 1.96. The summed E-state index contributed by atoms with van der Waals surface area (Å²) >= 11 is 0. The number of hydrogen-bond donors (Lipinski definition) is 2. The molecule has 10 heteroatoms. The number of hydrogen-bond acceptors (Lipinski definition) is 6. The Morgan fingerprint density at radius 2 is 2.17 bits per heavy atom. The van der Waals surface area contributed by atoms with Crippen molar-refractivity contribution < 1.29 is 23.1 Å². The first-order valence-corrected chi connectivity index (χ1v) is 8.15. The van der Waals surface area contributed by atoms with Crippen molar-refractivity contribution in [1.82, 2.24) is 19.7 Å². The van der Waals surface area contributed by atoms with Crippen LogP contribution in [0, 0.1) is 0 Å². The number of nitrogens with one attached hydrogen (secondary N) is 1. The van der Waals surface area contributed by atoms with Gasteiger partial charge in [-0.15, -0.1) is 5.10 Å². The van der Waals surface area contributed by atoms with Gasteiger partial charge in [-0.3, -0.25) is 0 Å². The van der Waals surface area contributed by atoms with E-state index < -0.39 is 16.0 Å². The van der Waals surface area contributed by atoms with E-state index in [1.165, 1.54) is 25.4 Å². The van der Waals surface area contributed by atoms with Crippen molar-refractivity contribution >= 4 is 16.0 Å². The van der Waals surface area contributed by atoms with Gasteiger partial charge in [0.15, 0.2) is 0 Å². The van der Waals surface area contributed by atoms with Crippen LogP contribution in [0.2, 0.25) is 0 Å². The van der Waals surface area contributed by atoms with Crippen molar-refractivity contribution in [2.75, 3.05) is 7.11 Å². The van der Waals surface area contributed by atoms with Gasteiger partial charge in [-0.2, -0.15) is 0 Å². The Hall–Kier alpha value is -2.46. The van der Waals surface area contributed by atoms with Crippen LogP contribution in [0.15, 0.2) is 29.3 Å². The van der Waals surface area contributed by atoms with Crippen LogP contribution in [0.25, 0.3) is 0 Å². The molecule has 0 fully saturated rings. The molecule has 0 aliphatic carbocycles. The topological polar surface area (TPSA) is 123 Å². The van der Waals surface area contributed by atoms with Crippen molar-refractivity contribution in [2.24, 2.45) is 0 Å². The predicted molar refractivity (Wildman–Crippen MR) is 79.7 cm³/mol. The second-order valence-corrected chi connectivity index (χ2v) is 6.30. The number of aryl methyl sites for hydroxylation is 1. The van der Waals surface area contributed by atoms with Gasteiger partial charge < -0.3 is 9.84 Å². The van der Waals surface area contributed by atoms with Gasteiger partial charge in [0.2, 0.25) is 10.0 Å². The molecule has 124 valence electrons. The van der Waals surface area contributed by atoms with Gasteiger partial charge in [-0.25, -0.2) is 22.6 Å². The number of carbonyl (C=O) groups is 1. The van der Waals surface area contributed by atoms with Crippen LogP contribution in [0.5, 0.6) is 5.75 Å². The highest BCUT2D eigenvalue weighted by atomic mass is 32.2. The number of rotatable bonds is 7. The zero-order valence-corrected chi connectivity index (χ0v) is 13.4. The molecule has 0 bridgehead atoms. The summed E-state index contributed by atoms with van der Waals surface area (Å²) in [4.78, 5) is 11.0. The highest BCUT2D eigenvalue weighted by molar-refractivity contribution is 7.89. The molecule has 1 heterocycles. The number of benzene rings is 1. The molecule has 0 saturated heterocycles. The van der Waals surface area contributed by atoms with Gasteiger partial charge in [-0.1, -0.05) is 5.21 Å². The molecule has 0 spiro atoms. The molecular weight excluding hydrogens is 324 g/mol. The third kappa shape index (κ3) is 3.66. The fraction of sp³-hybridized carbons (Fsp3) is 0.308. The van der Waals surface area contributed by atoms with Gasteiger partial charge in [0.05, 0.1) is 30.4 Å². The van der Waals surface area contributed by atoms with E-state index in [-0.39, 0.29) is 22.8 Å². The largest absolute Gasteiger partial charge is 0.496 e. The Kier molecular flexibility index (Phi) is 4.96. The van der Waals surface area contributed by atoms with Gasteiger partial charge in [0, 0.05) is 6.54 Å². The van der Waals surface area contributed by atoms with E-state index in [2.05, 4.69) is 15.0 Å². The first-order chi connectivity index (χ1) is 10.9. The first-order valence-electron chi connectivity index (χ1n) is 6.67. The minimum Gasteiger partial charge on any atom is -0.496 e. The summed E-state index contributed by atoms with van der Waals surface area (Å²) in [6.45, 7) is 2.41. The summed E-state index contributed by atoms with van der Waals surface area (Å²) in [5.74, 6) is -1.18. The van der Waals surface area contributed by atoms with Crippen LogP contribution in [0.4, 0.5) is 0 Å². The maximum absolute atomic E-state index is 12.3. The third-order valence-corrected chi connectivity index (χ3v) is 4.55. The minimum absolute atomic E-state index is 0.00237. The number of sulfonamides is 1. The van der Waals surface area contributed by atoms with Gasteiger partial charge in [0.25, 0.3) is 0 Å². The van der Waals surface area contributed by atoms with Crippen LogP contribution in [-0.2, 0) is 23.1 Å². The summed E-state index contributed by atoms with van der Waals surface area (Å²) < 4.78 is 33.5. The molecule has 0 aliphatic heterocycles. The standard InChI is InChI=1S/C13H16N4O5S/c1-3-17-9(7-14-16-17)8-15-23(20,21)10-4-5-12(22-2)11(6-10)13(18)19/h4-7,15H,3,8H2,1-2H3,(H,18,19). The van der Waals surface area contributed by atoms with Crippen LogP contribution in [0.1, 0.15) is 23.0 Å². The van der Waals surface area contributed by atoms with Gasteiger partial charge >= 0.3 is 5.97 Å². The first kappa shape index (κ1) is 16.9. The molecule has 23 heavy (non-hydrogen) atoms. The lowest BCUT2D eigenvalue weighted by Gasteiger charge is -2.10. The van der Waals surface area contributed by atoms with E-state index in [1.54, 1.807) is 4.68 Å². The van der Waals surface area contributed by atoms with Crippen LogP contribution < -0.4 is 9.46 Å². The Morgan fingerprint density at radius 1 is 1.43 bits per heavy atom. The molecule has 9 nitrogen and oxygen atoms in total. The van der Waals surface area contributed by atoms with Crippen LogP contribution in [-0.4, -0.2) is 41.6 Å². The highest BCUT2D eigenvalue weighted by Crippen LogP contribution is 2.22. The minimum atomic E-state index is -3.88. The van der Waals surface area contributed by atoms with Crippen molar-refractivity contribution in [3.63, 3.8) is 0 Å². The molecule has 1 aromatic heterocycles. The zero-order valence-electron chi connectivity index (χ0n) is 12.6. The summed E-state index contributed by atoms with van der Waals surface area (Å²) in [5, 5.41) is 16.6. The Bertz CT molecular complexity index is 816. The van der Waals surface area contributed by atoms with Crippen LogP contribution >= 0.6 is 0 Å². The maximum Gasteiger partial charge on any atom is 0.339 e. The monoisotopic (exact) mass is 340 g/mol. The van der Waals surface area contributed by atoms with Gasteiger partial charge in [0.1, 0.15) is 11.3 Å². The number of ether oxygens (including phenoxy) is 1. The number of carboxylic acid groups (broad SMARTS) is 1. The van der Waals surface area contributed by atoms with E-state index in [1.807, 2.05) is 6.92 Å². The molecule has 0 aliphatic rings. The molecule has 2 rings (SSSR count). The molecule has 1 aromatic carbocycles. The molecule has 0 unspecified atom stereocenters. The SMILES string of the molecule is CCn1nncc1CNS(=O)(=O)c1ccc(OC)c(C(=O)O)c1. The molecule has 0 amide bonds. The number of aromatic nitrogens is 3. The summed E-state index contributed by atoms with van der Waals surface area (Å²) in [6, 6.07) is 3.64. The van der Waals surface area contributed by atoms with E-state index in [9.17, 15) is 13.2 Å². The Balaban J connectivity index is 2.26. The number of carboxylic acids is 1. The lowest BCUT2D eigenvalue weighted by Crippen LogP contribution is -2.25. The lowest BCUT2D eigenvalue weighted by molar-refractivity contribution is 0.0693. The third-order valence-electron chi connectivity index (χ3n) is 3.15. The molecule has 0 radical (unpaired) electrons. The number of nitrogens with zero attached hydrogens (tertiary/aromatic N) is 3. The summed E-state index contributed by atoms with van der Waals surface area (Å²) in [7, 11) is -2.57. The summed E-state index contributed by atoms with van der Waals surface area (Å²) in [6.07, 6.45) is 1.46. The van der Waals surface area contributed by atoms with E-state index in [0.29, 0.717) is 12.2 Å². The van der Waals surface area contributed by atoms with Crippen LogP contribution in [0.3, 0.4) is 0 Å². The average molecular weight is 340 g/mol. The molecule has 0 saturated carbocycles. The highest BCUT2D eigenvalue weighted by Gasteiger charge is 2.19. The quantitative estimate of drug-likeness (QED) is 0.751. The number of aromatic carboxylic acids is 1. The second kappa shape index (κ2) is 6.75. The molecule has 2 N–H and O–H groups in total. The predicted octanol–water partition coefficient (Wildman–Crippen LogP) is 0.483. The van der Waals surface area contributed by atoms with Crippen molar-refractivity contribution in [3.8, 4) is 5.75 Å². The average Bonchev–Trinajstić information content (AvgIpc) is 2.99. The van der Waals surface area contributed by atoms with E-state index in [0.717, 1.165) is 6.07 Å². The van der Waals surface area contributed by atoms with Gasteiger partial charge in [-0.05, 0) is 25.1 Å². The van der Waals surface area contributed by atoms with Crippen molar-refractivity contribution in [1.29, 1.82) is 0 Å². The Morgan fingerprint density at radius 3 is 2.78 bits per heavy atom. The second-order valence-electron chi connectivity index (χ2n) is 4.53. The van der Waals surface area contributed by atoms with E-state index in [4.69, 9.17) is 9.84 Å². The molecule has 0 atom stereocenters. The maximum atomic E-state index is 12.3. The molecule has 2 aromatic rings. The fourth-order valence-corrected chi connectivity index (χ4v) is 2.98. The van der Waals surface area contributed by atoms with E-state index >= 15 is 0 Å². The normalized spacial score (nSPS) is 11.4. The Labute approximate surface area is 132 Å². The van der Waals surface area contributed by atoms with Crippen molar-refractivity contribution in [3.05, 3.63) is 35.7 Å². The van der Waals surface area contributed by atoms with Crippen molar-refractivity contribution in [2.45, 2.75) is 24.9 Å². The smallest absolute Gasteiger partial charge is 0.339 e. The molecular formula is C13H16N4O5S. The number of methoxy groups -OCH3 is 1. The zero-order chi connectivity index (χ0) is 17.0.